The predicted molar refractivity (Wildman–Crippen MR) is 65.0 cm³/mol. The number of nitrogens with zero attached hydrogens (tertiary/aromatic N) is 2. The van der Waals surface area contributed by atoms with E-state index in [-0.39, 0.29) is 5.69 Å². The van der Waals surface area contributed by atoms with Gasteiger partial charge in [0.25, 0.3) is 5.91 Å². The van der Waals surface area contributed by atoms with E-state index >= 15 is 0 Å². The molecule has 6 nitrogen and oxygen atoms in total. The lowest BCUT2D eigenvalue weighted by Gasteiger charge is -2.38. The number of hydrogen-bond acceptors (Lipinski definition) is 4. The van der Waals surface area contributed by atoms with E-state index in [1.165, 1.54) is 18.6 Å². The Morgan fingerprint density at radius 2 is 1.83 bits per heavy atom. The standard InChI is InChI=1S/C12H17N3O3/c1-11(2,10(17)18)12(3,4)15-9(16)8-7-13-5-6-14-8/h5-7H,1-4H3,(H,15,16)(H,17,18). The van der Waals surface area contributed by atoms with E-state index in [0.717, 1.165) is 0 Å². The first-order valence-corrected chi connectivity index (χ1v) is 5.50. The molecule has 1 amide bonds. The van der Waals surface area contributed by atoms with Crippen LogP contribution in [-0.4, -0.2) is 32.5 Å². The minimum absolute atomic E-state index is 0.159. The number of nitrogens with one attached hydrogen (secondary N) is 1. The minimum Gasteiger partial charge on any atom is -0.481 e. The Kier molecular flexibility index (Phi) is 3.69. The molecule has 1 aromatic rings. The van der Waals surface area contributed by atoms with Crippen LogP contribution in [0.15, 0.2) is 18.6 Å². The molecule has 0 aliphatic heterocycles. The SMILES string of the molecule is CC(C)(NC(=O)c1cnccn1)C(C)(C)C(=O)O. The lowest BCUT2D eigenvalue weighted by atomic mass is 9.74. The van der Waals surface area contributed by atoms with Crippen LogP contribution in [0, 0.1) is 5.41 Å². The molecule has 1 rings (SSSR count). The van der Waals surface area contributed by atoms with Gasteiger partial charge in [-0.05, 0) is 27.7 Å². The van der Waals surface area contributed by atoms with E-state index in [0.29, 0.717) is 0 Å². The summed E-state index contributed by atoms with van der Waals surface area (Å²) in [5, 5.41) is 11.9. The van der Waals surface area contributed by atoms with Gasteiger partial charge in [0, 0.05) is 12.4 Å². The molecule has 18 heavy (non-hydrogen) atoms. The number of aliphatic carboxylic acids is 1. The Balaban J connectivity index is 2.91. The molecule has 0 fully saturated rings. The molecule has 6 heteroatoms. The Hall–Kier alpha value is -1.98. The van der Waals surface area contributed by atoms with Crippen molar-refractivity contribution in [2.24, 2.45) is 5.41 Å². The fourth-order valence-corrected chi connectivity index (χ4v) is 1.19. The van der Waals surface area contributed by atoms with Crippen LogP contribution in [0.25, 0.3) is 0 Å². The molecule has 0 spiro atoms. The number of rotatable bonds is 4. The zero-order valence-corrected chi connectivity index (χ0v) is 10.9. The first kappa shape index (κ1) is 14.1. The van der Waals surface area contributed by atoms with Gasteiger partial charge in [0.1, 0.15) is 5.69 Å². The van der Waals surface area contributed by atoms with Gasteiger partial charge < -0.3 is 10.4 Å². The van der Waals surface area contributed by atoms with Crippen molar-refractivity contribution >= 4 is 11.9 Å². The van der Waals surface area contributed by atoms with Gasteiger partial charge in [-0.25, -0.2) is 4.98 Å². The van der Waals surface area contributed by atoms with Gasteiger partial charge in [0.05, 0.1) is 17.2 Å². The highest BCUT2D eigenvalue weighted by molar-refractivity contribution is 5.93. The molecular weight excluding hydrogens is 234 g/mol. The quantitative estimate of drug-likeness (QED) is 0.835. The Labute approximate surface area is 105 Å². The van der Waals surface area contributed by atoms with Crippen LogP contribution in [0.3, 0.4) is 0 Å². The van der Waals surface area contributed by atoms with E-state index in [1.807, 2.05) is 0 Å². The van der Waals surface area contributed by atoms with Crippen molar-refractivity contribution in [2.45, 2.75) is 33.2 Å². The van der Waals surface area contributed by atoms with Crippen molar-refractivity contribution < 1.29 is 14.7 Å². The van der Waals surface area contributed by atoms with Crippen molar-refractivity contribution in [3.63, 3.8) is 0 Å². The molecule has 0 aliphatic rings. The molecule has 0 atom stereocenters. The van der Waals surface area contributed by atoms with Crippen LogP contribution in [0.5, 0.6) is 0 Å². The molecule has 0 aromatic carbocycles. The van der Waals surface area contributed by atoms with Crippen molar-refractivity contribution in [1.82, 2.24) is 15.3 Å². The predicted octanol–water partition coefficient (Wildman–Crippen LogP) is 1.10. The third-order valence-corrected chi connectivity index (χ3v) is 3.32. The fraction of sp³-hybridized carbons (Fsp3) is 0.500. The van der Waals surface area contributed by atoms with E-state index < -0.39 is 22.8 Å². The normalized spacial score (nSPS) is 12.0. The van der Waals surface area contributed by atoms with Crippen LogP contribution in [0.2, 0.25) is 0 Å². The van der Waals surface area contributed by atoms with Crippen LogP contribution in [-0.2, 0) is 4.79 Å². The largest absolute Gasteiger partial charge is 0.481 e. The van der Waals surface area contributed by atoms with E-state index in [2.05, 4.69) is 15.3 Å². The molecule has 98 valence electrons. The maximum absolute atomic E-state index is 11.9. The number of amides is 1. The second kappa shape index (κ2) is 4.72. The molecule has 0 bridgehead atoms. The van der Waals surface area contributed by atoms with Crippen molar-refractivity contribution in [1.29, 1.82) is 0 Å². The first-order valence-electron chi connectivity index (χ1n) is 5.50. The monoisotopic (exact) mass is 251 g/mol. The maximum atomic E-state index is 11.9. The van der Waals surface area contributed by atoms with E-state index in [9.17, 15) is 14.7 Å². The minimum atomic E-state index is -1.11. The van der Waals surface area contributed by atoms with Gasteiger partial charge in [-0.2, -0.15) is 0 Å². The molecular formula is C12H17N3O3. The molecule has 1 aromatic heterocycles. The summed E-state index contributed by atoms with van der Waals surface area (Å²) in [4.78, 5) is 30.8. The first-order chi connectivity index (χ1) is 8.18. The number of carboxylic acid groups (broad SMARTS) is 1. The molecule has 0 saturated carbocycles. The van der Waals surface area contributed by atoms with Gasteiger partial charge in [-0.1, -0.05) is 0 Å². The summed E-state index contributed by atoms with van der Waals surface area (Å²) in [6, 6.07) is 0. The lowest BCUT2D eigenvalue weighted by Crippen LogP contribution is -2.57. The van der Waals surface area contributed by atoms with Gasteiger partial charge in [-0.3, -0.25) is 14.6 Å². The van der Waals surface area contributed by atoms with Crippen LogP contribution >= 0.6 is 0 Å². The highest BCUT2D eigenvalue weighted by atomic mass is 16.4. The van der Waals surface area contributed by atoms with Gasteiger partial charge in [0.2, 0.25) is 0 Å². The molecule has 0 unspecified atom stereocenters. The summed E-state index contributed by atoms with van der Waals surface area (Å²) in [6.07, 6.45) is 4.20. The van der Waals surface area contributed by atoms with E-state index in [1.54, 1.807) is 27.7 Å². The molecule has 0 aliphatic carbocycles. The van der Waals surface area contributed by atoms with Gasteiger partial charge >= 0.3 is 5.97 Å². The third kappa shape index (κ3) is 2.64. The van der Waals surface area contributed by atoms with Gasteiger partial charge in [0.15, 0.2) is 0 Å². The molecule has 2 N–H and O–H groups in total. The Morgan fingerprint density at radius 1 is 1.22 bits per heavy atom. The van der Waals surface area contributed by atoms with Crippen LogP contribution in [0.4, 0.5) is 0 Å². The lowest BCUT2D eigenvalue weighted by molar-refractivity contribution is -0.150. The highest BCUT2D eigenvalue weighted by Crippen LogP contribution is 2.30. The van der Waals surface area contributed by atoms with E-state index in [4.69, 9.17) is 0 Å². The number of aromatic nitrogens is 2. The number of hydrogen-bond donors (Lipinski definition) is 2. The summed E-state index contributed by atoms with van der Waals surface area (Å²) in [5.74, 6) is -1.42. The molecule has 0 radical (unpaired) electrons. The average Bonchev–Trinajstić information content (AvgIpc) is 2.29. The maximum Gasteiger partial charge on any atom is 0.311 e. The second-order valence-corrected chi connectivity index (χ2v) is 5.10. The summed E-state index contributed by atoms with van der Waals surface area (Å²) in [6.45, 7) is 6.45. The Bertz CT molecular complexity index is 455. The Morgan fingerprint density at radius 3 is 2.28 bits per heavy atom. The summed E-state index contributed by atoms with van der Waals surface area (Å²) in [7, 11) is 0. The average molecular weight is 251 g/mol. The molecule has 1 heterocycles. The van der Waals surface area contributed by atoms with Gasteiger partial charge in [-0.15, -0.1) is 0 Å². The summed E-state index contributed by atoms with van der Waals surface area (Å²) < 4.78 is 0. The third-order valence-electron chi connectivity index (χ3n) is 3.32. The topological polar surface area (TPSA) is 92.2 Å². The zero-order valence-electron chi connectivity index (χ0n) is 10.9. The van der Waals surface area contributed by atoms with Crippen molar-refractivity contribution in [3.05, 3.63) is 24.3 Å². The number of carbonyl (C=O) groups excluding carboxylic acids is 1. The fourth-order valence-electron chi connectivity index (χ4n) is 1.19. The van der Waals surface area contributed by atoms with Crippen LogP contribution in [0.1, 0.15) is 38.2 Å². The number of carboxylic acids is 1. The molecule has 0 saturated heterocycles. The smallest absolute Gasteiger partial charge is 0.311 e. The zero-order chi connectivity index (χ0) is 14.0. The number of carbonyl (C=O) groups is 2. The van der Waals surface area contributed by atoms with Crippen LogP contribution < -0.4 is 5.32 Å². The van der Waals surface area contributed by atoms with Crippen molar-refractivity contribution in [3.8, 4) is 0 Å². The summed E-state index contributed by atoms with van der Waals surface area (Å²) >= 11 is 0. The highest BCUT2D eigenvalue weighted by Gasteiger charge is 2.44. The summed E-state index contributed by atoms with van der Waals surface area (Å²) in [5.41, 5.74) is -1.87. The second-order valence-electron chi connectivity index (χ2n) is 5.10. The van der Waals surface area contributed by atoms with Crippen molar-refractivity contribution in [2.75, 3.05) is 0 Å².